The first-order valence-electron chi connectivity index (χ1n) is 13.2. The summed E-state index contributed by atoms with van der Waals surface area (Å²) in [5, 5.41) is 7.55. The third-order valence-electron chi connectivity index (χ3n) is 8.43. The van der Waals surface area contributed by atoms with Gasteiger partial charge in [-0.25, -0.2) is 4.90 Å². The molecule has 9 nitrogen and oxygen atoms in total. The number of esters is 1. The quantitative estimate of drug-likeness (QED) is 0.209. The number of aryl methyl sites for hydroxylation is 1. The molecule has 3 aromatic carbocycles. The van der Waals surface area contributed by atoms with E-state index in [4.69, 9.17) is 4.74 Å². The number of nitrogens with zero attached hydrogens (tertiary/aromatic N) is 1. The molecule has 7 rings (SSSR count). The fourth-order valence-corrected chi connectivity index (χ4v) is 6.77. The molecule has 1 aromatic heterocycles. The van der Waals surface area contributed by atoms with Crippen molar-refractivity contribution in [2.45, 2.75) is 31.8 Å². The molecule has 0 saturated carbocycles. The molecule has 2 fully saturated rings. The Morgan fingerprint density at radius 2 is 1.75 bits per heavy atom. The van der Waals surface area contributed by atoms with Gasteiger partial charge < -0.3 is 15.0 Å². The highest BCUT2D eigenvalue weighted by Crippen LogP contribution is 2.54. The molecule has 0 aliphatic carbocycles. The Morgan fingerprint density at radius 1 is 0.975 bits per heavy atom. The first-order valence-corrected chi connectivity index (χ1v) is 13.2. The van der Waals surface area contributed by atoms with E-state index in [2.05, 4.69) is 15.6 Å². The number of para-hydroxylation sites is 2. The lowest BCUT2D eigenvalue weighted by molar-refractivity contribution is -0.132. The molecular formula is C31H26N4O5. The summed E-state index contributed by atoms with van der Waals surface area (Å²) in [6.45, 7) is 3.21. The van der Waals surface area contributed by atoms with Crippen molar-refractivity contribution in [2.24, 2.45) is 11.8 Å². The highest BCUT2D eigenvalue weighted by Gasteiger charge is 2.70. The van der Waals surface area contributed by atoms with Crippen LogP contribution in [0, 0.1) is 18.8 Å². The minimum atomic E-state index is -1.39. The second-order valence-corrected chi connectivity index (χ2v) is 10.7. The Bertz CT molecular complexity index is 1740. The maximum atomic E-state index is 14.2. The maximum absolute atomic E-state index is 14.2. The molecule has 0 radical (unpaired) electrons. The molecule has 4 atom stereocenters. The lowest BCUT2D eigenvalue weighted by Crippen LogP contribution is -2.53. The highest BCUT2D eigenvalue weighted by atomic mass is 16.5. The molecule has 0 bridgehead atoms. The normalized spacial score (nSPS) is 25.0. The smallest absolute Gasteiger partial charge is 0.308 e. The summed E-state index contributed by atoms with van der Waals surface area (Å²) in [7, 11) is 0. The van der Waals surface area contributed by atoms with E-state index in [9.17, 15) is 19.2 Å². The number of carbonyl (C=O) groups is 4. The van der Waals surface area contributed by atoms with E-state index in [0.717, 1.165) is 22.0 Å². The number of hydrogen-bond acceptors (Lipinski definition) is 6. The summed E-state index contributed by atoms with van der Waals surface area (Å²) >= 11 is 0. The SMILES string of the molecule is CC(=O)Oc1ccc(N2C(=O)[C@@H]3[C@H](Cc4c[nH]c5ccccc45)N[C@@]4(C(=O)Nc5c(C)cccc54)[C@@H]3C2=O)cc1. The Morgan fingerprint density at radius 3 is 2.52 bits per heavy atom. The number of nitrogens with one attached hydrogen (secondary N) is 3. The summed E-state index contributed by atoms with van der Waals surface area (Å²) < 4.78 is 5.12. The molecule has 3 amide bonds. The number of fused-ring (bicyclic) bond motifs is 5. The van der Waals surface area contributed by atoms with E-state index in [1.54, 1.807) is 24.3 Å². The molecule has 0 unspecified atom stereocenters. The maximum Gasteiger partial charge on any atom is 0.308 e. The molecule has 2 saturated heterocycles. The fraction of sp³-hybridized carbons (Fsp3) is 0.226. The van der Waals surface area contributed by atoms with Gasteiger partial charge in [-0.3, -0.25) is 24.5 Å². The van der Waals surface area contributed by atoms with E-state index in [1.165, 1.54) is 11.8 Å². The van der Waals surface area contributed by atoms with Crippen molar-refractivity contribution in [1.82, 2.24) is 10.3 Å². The zero-order valence-electron chi connectivity index (χ0n) is 21.9. The van der Waals surface area contributed by atoms with E-state index in [-0.39, 0.29) is 11.8 Å². The molecule has 4 aromatic rings. The first kappa shape index (κ1) is 24.3. The molecular weight excluding hydrogens is 508 g/mol. The van der Waals surface area contributed by atoms with Gasteiger partial charge in [0.05, 0.1) is 17.5 Å². The Hall–Kier alpha value is -4.76. The van der Waals surface area contributed by atoms with Crippen LogP contribution in [0.3, 0.4) is 0 Å². The largest absolute Gasteiger partial charge is 0.427 e. The van der Waals surface area contributed by atoms with E-state index < -0.39 is 35.3 Å². The van der Waals surface area contributed by atoms with Crippen LogP contribution in [0.4, 0.5) is 11.4 Å². The van der Waals surface area contributed by atoms with Crippen LogP contribution < -0.4 is 20.3 Å². The minimum Gasteiger partial charge on any atom is -0.427 e. The molecule has 4 heterocycles. The fourth-order valence-electron chi connectivity index (χ4n) is 6.77. The number of ether oxygens (including phenoxy) is 1. The molecule has 3 aliphatic rings. The van der Waals surface area contributed by atoms with Crippen molar-refractivity contribution >= 4 is 46.0 Å². The second kappa shape index (κ2) is 8.62. The lowest BCUT2D eigenvalue weighted by atomic mass is 9.76. The average Bonchev–Trinajstić information content (AvgIpc) is 3.64. The number of carbonyl (C=O) groups excluding carboxylic acids is 4. The number of rotatable bonds is 4. The zero-order valence-corrected chi connectivity index (χ0v) is 21.9. The Balaban J connectivity index is 1.34. The van der Waals surface area contributed by atoms with Gasteiger partial charge in [0.25, 0.3) is 0 Å². The van der Waals surface area contributed by atoms with Crippen LogP contribution in [0.1, 0.15) is 23.6 Å². The Kier molecular flexibility index (Phi) is 5.24. The molecule has 200 valence electrons. The third-order valence-corrected chi connectivity index (χ3v) is 8.43. The first-order chi connectivity index (χ1) is 19.3. The highest BCUT2D eigenvalue weighted by molar-refractivity contribution is 6.26. The summed E-state index contributed by atoms with van der Waals surface area (Å²) in [6.07, 6.45) is 2.37. The van der Waals surface area contributed by atoms with E-state index in [0.29, 0.717) is 29.1 Å². The van der Waals surface area contributed by atoms with Gasteiger partial charge in [0.15, 0.2) is 0 Å². The van der Waals surface area contributed by atoms with E-state index >= 15 is 0 Å². The van der Waals surface area contributed by atoms with Crippen molar-refractivity contribution in [3.05, 3.63) is 89.6 Å². The van der Waals surface area contributed by atoms with Crippen LogP contribution >= 0.6 is 0 Å². The molecule has 1 spiro atoms. The van der Waals surface area contributed by atoms with Crippen LogP contribution in [0.2, 0.25) is 0 Å². The van der Waals surface area contributed by atoms with Gasteiger partial charge in [0.2, 0.25) is 17.7 Å². The molecule has 3 N–H and O–H groups in total. The average molecular weight is 535 g/mol. The van der Waals surface area contributed by atoms with Crippen molar-refractivity contribution in [1.29, 1.82) is 0 Å². The summed E-state index contributed by atoms with van der Waals surface area (Å²) in [5.41, 5.74) is 3.20. The number of H-pyrrole nitrogens is 1. The van der Waals surface area contributed by atoms with Crippen LogP contribution in [0.15, 0.2) is 72.9 Å². The number of anilines is 2. The van der Waals surface area contributed by atoms with Crippen molar-refractivity contribution in [3.8, 4) is 5.75 Å². The van der Waals surface area contributed by atoms with Gasteiger partial charge >= 0.3 is 5.97 Å². The van der Waals surface area contributed by atoms with Crippen LogP contribution in [0.5, 0.6) is 5.75 Å². The van der Waals surface area contributed by atoms with Crippen LogP contribution in [0.25, 0.3) is 10.9 Å². The lowest BCUT2D eigenvalue weighted by Gasteiger charge is -2.29. The second-order valence-electron chi connectivity index (χ2n) is 10.7. The summed E-state index contributed by atoms with van der Waals surface area (Å²) in [4.78, 5) is 58.0. The van der Waals surface area contributed by atoms with Crippen molar-refractivity contribution in [2.75, 3.05) is 10.2 Å². The zero-order chi connectivity index (χ0) is 27.8. The van der Waals surface area contributed by atoms with Crippen molar-refractivity contribution in [3.63, 3.8) is 0 Å². The number of hydrogen-bond donors (Lipinski definition) is 3. The van der Waals surface area contributed by atoms with Crippen LogP contribution in [-0.4, -0.2) is 34.7 Å². The number of imide groups is 1. The monoisotopic (exact) mass is 534 g/mol. The van der Waals surface area contributed by atoms with Gasteiger partial charge in [-0.05, 0) is 54.8 Å². The summed E-state index contributed by atoms with van der Waals surface area (Å²) in [5.74, 6) is -3.00. The van der Waals surface area contributed by atoms with Gasteiger partial charge in [-0.2, -0.15) is 0 Å². The minimum absolute atomic E-state index is 0.311. The van der Waals surface area contributed by atoms with Gasteiger partial charge in [0.1, 0.15) is 11.3 Å². The standard InChI is InChI=1S/C31H26N4O5/c1-16-6-5-8-22-27(16)33-30(39)31(22)26-25(24(34-31)14-18-15-32-23-9-4-3-7-21(18)23)28(37)35(29(26)38)19-10-12-20(13-11-19)40-17(2)36/h3-13,15,24-26,32,34H,14H2,1-2H3,(H,33,39)/t24-,25+,26-,31+/m0/s1. The topological polar surface area (TPSA) is 121 Å². The van der Waals surface area contributed by atoms with Crippen molar-refractivity contribution < 1.29 is 23.9 Å². The number of aromatic amines is 1. The number of benzene rings is 3. The van der Waals surface area contributed by atoms with Gasteiger partial charge in [0, 0.05) is 41.3 Å². The van der Waals surface area contributed by atoms with Gasteiger partial charge in [-0.15, -0.1) is 0 Å². The summed E-state index contributed by atoms with van der Waals surface area (Å²) in [6, 6.07) is 19.3. The predicted molar refractivity (Wildman–Crippen MR) is 148 cm³/mol. The number of amides is 3. The molecule has 40 heavy (non-hydrogen) atoms. The van der Waals surface area contributed by atoms with Crippen LogP contribution in [-0.2, 0) is 31.1 Å². The van der Waals surface area contributed by atoms with E-state index in [1.807, 2.05) is 55.6 Å². The molecule has 3 aliphatic heterocycles. The van der Waals surface area contributed by atoms with Gasteiger partial charge in [-0.1, -0.05) is 36.4 Å². The number of aromatic nitrogens is 1. The molecule has 9 heteroatoms. The Labute approximate surface area is 229 Å². The predicted octanol–water partition coefficient (Wildman–Crippen LogP) is 3.57. The third kappa shape index (κ3) is 3.31.